The molecule has 1 rings (SSSR count). The van der Waals surface area contributed by atoms with Gasteiger partial charge in [0.1, 0.15) is 5.82 Å². The molecule has 6 heteroatoms. The molecule has 0 saturated heterocycles. The fourth-order valence-corrected chi connectivity index (χ4v) is 1.27. The normalized spacial score (nSPS) is 12.9. The molecule has 0 aliphatic rings. The van der Waals surface area contributed by atoms with E-state index in [2.05, 4.69) is 20.6 Å². The van der Waals surface area contributed by atoms with E-state index in [1.807, 2.05) is 27.7 Å². The number of carbonyl (C=O) groups is 1. The number of anilines is 1. The Morgan fingerprint density at radius 3 is 2.42 bits per heavy atom. The molecule has 0 aliphatic carbocycles. The van der Waals surface area contributed by atoms with Gasteiger partial charge in [-0.2, -0.15) is 0 Å². The number of aliphatic hydroxyl groups excluding tert-OH is 1. The van der Waals surface area contributed by atoms with Crippen molar-refractivity contribution in [3.05, 3.63) is 18.2 Å². The first-order chi connectivity index (χ1) is 8.82. The Labute approximate surface area is 113 Å². The summed E-state index contributed by atoms with van der Waals surface area (Å²) in [4.78, 5) is 19.8. The summed E-state index contributed by atoms with van der Waals surface area (Å²) in [6.45, 7) is 7.89. The second-order valence-electron chi connectivity index (χ2n) is 5.46. The summed E-state index contributed by atoms with van der Waals surface area (Å²) < 4.78 is 0. The molecule has 0 bridgehead atoms. The lowest BCUT2D eigenvalue weighted by molar-refractivity contribution is 0.0654. The van der Waals surface area contributed by atoms with E-state index in [-0.39, 0.29) is 18.0 Å². The van der Waals surface area contributed by atoms with Crippen molar-refractivity contribution in [1.29, 1.82) is 0 Å². The summed E-state index contributed by atoms with van der Waals surface area (Å²) in [5, 5.41) is 15.0. The van der Waals surface area contributed by atoms with Crippen molar-refractivity contribution in [2.24, 2.45) is 5.41 Å². The lowest BCUT2D eigenvalue weighted by Gasteiger charge is -2.25. The number of amides is 2. The maximum Gasteiger partial charge on any atom is 0.319 e. The molecule has 106 valence electrons. The van der Waals surface area contributed by atoms with Crippen LogP contribution in [0.4, 0.5) is 10.5 Å². The zero-order valence-corrected chi connectivity index (χ0v) is 11.9. The van der Waals surface area contributed by atoms with Gasteiger partial charge in [-0.15, -0.1) is 0 Å². The van der Waals surface area contributed by atoms with Crippen LogP contribution in [0.5, 0.6) is 0 Å². The molecule has 6 nitrogen and oxygen atoms in total. The molecule has 3 N–H and O–H groups in total. The number of aliphatic hydroxyl groups is 1. The van der Waals surface area contributed by atoms with Gasteiger partial charge >= 0.3 is 6.03 Å². The quantitative estimate of drug-likeness (QED) is 0.772. The monoisotopic (exact) mass is 266 g/mol. The number of rotatable bonds is 4. The highest BCUT2D eigenvalue weighted by Gasteiger charge is 2.22. The second kappa shape index (κ2) is 6.47. The number of nitrogens with one attached hydrogen (secondary N) is 2. The largest absolute Gasteiger partial charge is 0.391 e. The van der Waals surface area contributed by atoms with E-state index < -0.39 is 6.10 Å². The highest BCUT2D eigenvalue weighted by molar-refractivity contribution is 5.88. The number of aromatic nitrogens is 2. The first-order valence-corrected chi connectivity index (χ1v) is 6.36. The summed E-state index contributed by atoms with van der Waals surface area (Å²) in [7, 11) is 0. The minimum atomic E-state index is -0.600. The van der Waals surface area contributed by atoms with Crippen LogP contribution in [0.25, 0.3) is 0 Å². The zero-order chi connectivity index (χ0) is 14.5. The van der Waals surface area contributed by atoms with E-state index in [9.17, 15) is 9.90 Å². The van der Waals surface area contributed by atoms with Crippen LogP contribution in [-0.2, 0) is 6.42 Å². The average Bonchev–Trinajstić information content (AvgIpc) is 2.35. The van der Waals surface area contributed by atoms with Gasteiger partial charge in [-0.1, -0.05) is 27.7 Å². The fraction of sp³-hybridized carbons (Fsp3) is 0.615. The van der Waals surface area contributed by atoms with E-state index in [0.717, 1.165) is 12.2 Å². The van der Waals surface area contributed by atoms with E-state index in [4.69, 9.17) is 0 Å². The Balaban J connectivity index is 2.42. The standard InChI is InChI=1S/C13H22N4O2/c1-5-11-14-6-9(7-15-11)17-12(19)16-8-10(18)13(2,3)4/h6-7,10,18H,5,8H2,1-4H3,(H2,16,17,19). The van der Waals surface area contributed by atoms with E-state index in [0.29, 0.717) is 5.69 Å². The molecule has 1 aromatic heterocycles. The smallest absolute Gasteiger partial charge is 0.319 e. The third-order valence-corrected chi connectivity index (χ3v) is 2.74. The Kier molecular flexibility index (Phi) is 5.23. The molecule has 0 fully saturated rings. The van der Waals surface area contributed by atoms with Crippen LogP contribution < -0.4 is 10.6 Å². The second-order valence-corrected chi connectivity index (χ2v) is 5.46. The molecular formula is C13H22N4O2. The van der Waals surface area contributed by atoms with Crippen LogP contribution in [0.1, 0.15) is 33.5 Å². The van der Waals surface area contributed by atoms with Crippen molar-refractivity contribution in [2.45, 2.75) is 40.2 Å². The fourth-order valence-electron chi connectivity index (χ4n) is 1.27. The molecule has 0 radical (unpaired) electrons. The van der Waals surface area contributed by atoms with Crippen molar-refractivity contribution in [2.75, 3.05) is 11.9 Å². The summed E-state index contributed by atoms with van der Waals surface area (Å²) in [5.41, 5.74) is 0.263. The number of urea groups is 1. The third-order valence-electron chi connectivity index (χ3n) is 2.74. The maximum atomic E-state index is 11.6. The lowest BCUT2D eigenvalue weighted by Crippen LogP contribution is -2.40. The van der Waals surface area contributed by atoms with Crippen LogP contribution in [-0.4, -0.2) is 33.8 Å². The van der Waals surface area contributed by atoms with Gasteiger partial charge in [0.05, 0.1) is 24.2 Å². The van der Waals surface area contributed by atoms with Gasteiger partial charge in [-0.3, -0.25) is 0 Å². The summed E-state index contributed by atoms with van der Waals surface area (Å²) >= 11 is 0. The number of hydrogen-bond acceptors (Lipinski definition) is 4. The zero-order valence-electron chi connectivity index (χ0n) is 11.9. The molecule has 0 saturated carbocycles. The molecule has 0 aromatic carbocycles. The SMILES string of the molecule is CCc1ncc(NC(=O)NCC(O)C(C)(C)C)cn1. The Morgan fingerprint density at radius 2 is 1.95 bits per heavy atom. The molecule has 19 heavy (non-hydrogen) atoms. The van der Waals surface area contributed by atoms with Gasteiger partial charge in [-0.05, 0) is 5.41 Å². The summed E-state index contributed by atoms with van der Waals surface area (Å²) in [6, 6.07) is -0.379. The maximum absolute atomic E-state index is 11.6. The topological polar surface area (TPSA) is 87.1 Å². The molecular weight excluding hydrogens is 244 g/mol. The molecule has 1 atom stereocenters. The number of hydrogen-bond donors (Lipinski definition) is 3. The van der Waals surface area contributed by atoms with Gasteiger partial charge in [0.25, 0.3) is 0 Å². The summed E-state index contributed by atoms with van der Waals surface area (Å²) in [6.07, 6.45) is 3.28. The minimum Gasteiger partial charge on any atom is -0.391 e. The molecule has 2 amide bonds. The lowest BCUT2D eigenvalue weighted by atomic mass is 9.89. The van der Waals surface area contributed by atoms with Crippen LogP contribution in [0, 0.1) is 5.41 Å². The molecule has 0 spiro atoms. The van der Waals surface area contributed by atoms with Gasteiger partial charge in [0.2, 0.25) is 0 Å². The van der Waals surface area contributed by atoms with Crippen LogP contribution in [0.2, 0.25) is 0 Å². The highest BCUT2D eigenvalue weighted by atomic mass is 16.3. The van der Waals surface area contributed by atoms with Crippen molar-refractivity contribution in [3.8, 4) is 0 Å². The summed E-state index contributed by atoms with van der Waals surface area (Å²) in [5.74, 6) is 0.731. The Morgan fingerprint density at radius 1 is 1.37 bits per heavy atom. The van der Waals surface area contributed by atoms with Gasteiger partial charge in [-0.25, -0.2) is 14.8 Å². The number of nitrogens with zero attached hydrogens (tertiary/aromatic N) is 2. The van der Waals surface area contributed by atoms with E-state index >= 15 is 0 Å². The number of aryl methyl sites for hydroxylation is 1. The van der Waals surface area contributed by atoms with Crippen molar-refractivity contribution < 1.29 is 9.90 Å². The molecule has 0 aliphatic heterocycles. The van der Waals surface area contributed by atoms with Crippen LogP contribution in [0.3, 0.4) is 0 Å². The molecule has 1 aromatic rings. The molecule has 1 unspecified atom stereocenters. The van der Waals surface area contributed by atoms with Crippen molar-refractivity contribution >= 4 is 11.7 Å². The van der Waals surface area contributed by atoms with E-state index in [1.165, 1.54) is 0 Å². The third kappa shape index (κ3) is 5.21. The predicted molar refractivity (Wildman–Crippen MR) is 73.9 cm³/mol. The first kappa shape index (κ1) is 15.4. The Bertz CT molecular complexity index is 412. The average molecular weight is 266 g/mol. The van der Waals surface area contributed by atoms with Gasteiger partial charge in [0, 0.05) is 13.0 Å². The van der Waals surface area contributed by atoms with Crippen molar-refractivity contribution in [1.82, 2.24) is 15.3 Å². The highest BCUT2D eigenvalue weighted by Crippen LogP contribution is 2.18. The minimum absolute atomic E-state index is 0.198. The van der Waals surface area contributed by atoms with Crippen LogP contribution >= 0.6 is 0 Å². The van der Waals surface area contributed by atoms with Gasteiger partial charge in [0.15, 0.2) is 0 Å². The Hall–Kier alpha value is -1.69. The first-order valence-electron chi connectivity index (χ1n) is 6.36. The number of carbonyl (C=O) groups excluding carboxylic acids is 1. The van der Waals surface area contributed by atoms with Gasteiger partial charge < -0.3 is 15.7 Å². The van der Waals surface area contributed by atoms with Crippen molar-refractivity contribution in [3.63, 3.8) is 0 Å². The van der Waals surface area contributed by atoms with E-state index in [1.54, 1.807) is 12.4 Å². The molecule has 1 heterocycles. The predicted octanol–water partition coefficient (Wildman–Crippen LogP) is 1.57. The van der Waals surface area contributed by atoms with Crippen LogP contribution in [0.15, 0.2) is 12.4 Å².